The predicted octanol–water partition coefficient (Wildman–Crippen LogP) is 2.48. The van der Waals surface area contributed by atoms with Crippen LogP contribution in [-0.4, -0.2) is 37.5 Å². The first-order valence-corrected chi connectivity index (χ1v) is 9.51. The van der Waals surface area contributed by atoms with E-state index in [2.05, 4.69) is 0 Å². The summed E-state index contributed by atoms with van der Waals surface area (Å²) >= 11 is 6.45. The highest BCUT2D eigenvalue weighted by atomic mass is 32.2. The van der Waals surface area contributed by atoms with Crippen LogP contribution < -0.4 is 24.2 Å². The van der Waals surface area contributed by atoms with Crippen LogP contribution in [-0.2, 0) is 4.79 Å². The molecule has 0 aliphatic carbocycles. The molecule has 7 nitrogen and oxygen atoms in total. The Balaban J connectivity index is 1.98. The molecule has 0 aromatic heterocycles. The number of thioether (sulfide) groups is 1. The predicted molar refractivity (Wildman–Crippen MR) is 113 cm³/mol. The zero-order chi connectivity index (χ0) is 21.1. The van der Waals surface area contributed by atoms with E-state index in [4.69, 9.17) is 26.4 Å². The molecule has 0 unspecified atom stereocenters. The summed E-state index contributed by atoms with van der Waals surface area (Å²) in [6, 6.07) is 9.31. The summed E-state index contributed by atoms with van der Waals surface area (Å²) in [5.41, 5.74) is 0.983. The summed E-state index contributed by atoms with van der Waals surface area (Å²) in [6.07, 6.45) is 1.66. The number of hydrogen-bond donors (Lipinski definition) is 0. The topological polar surface area (TPSA) is 88.1 Å². The molecular weight excluding hydrogens is 414 g/mol. The van der Waals surface area contributed by atoms with Gasteiger partial charge in [0.25, 0.3) is 5.91 Å². The quantitative estimate of drug-likeness (QED) is 0.510. The molecule has 1 saturated heterocycles. The average molecular weight is 430 g/mol. The van der Waals surface area contributed by atoms with Gasteiger partial charge in [-0.25, -0.2) is 0 Å². The molecule has 0 bridgehead atoms. The highest BCUT2D eigenvalue weighted by Gasteiger charge is 2.33. The maximum atomic E-state index is 12.9. The number of anilines is 1. The Morgan fingerprint density at radius 2 is 1.76 bits per heavy atom. The molecule has 1 amide bonds. The summed E-state index contributed by atoms with van der Waals surface area (Å²) in [6.45, 7) is 0. The molecule has 29 heavy (non-hydrogen) atoms. The van der Waals surface area contributed by atoms with Gasteiger partial charge in [0.2, 0.25) is 5.75 Å². The standard InChI is InChI=1S/C20H17NO6S2/c1-25-14-7-11(8-15(26-2)17(14)27-3)9-16-18(22)21(20(28)29-16)13-6-4-5-12(10-13)19(23)24/h4-10H,1-3H3,(H,23,24)/p-1/b16-9-. The van der Waals surface area contributed by atoms with Crippen LogP contribution in [0.5, 0.6) is 17.2 Å². The molecule has 0 radical (unpaired) electrons. The number of thiocarbonyl (C=S) groups is 1. The zero-order valence-electron chi connectivity index (χ0n) is 15.8. The van der Waals surface area contributed by atoms with Gasteiger partial charge in [-0.3, -0.25) is 9.69 Å². The van der Waals surface area contributed by atoms with Gasteiger partial charge in [0.15, 0.2) is 15.8 Å². The number of rotatable bonds is 6. The van der Waals surface area contributed by atoms with Crippen molar-refractivity contribution in [2.24, 2.45) is 0 Å². The lowest BCUT2D eigenvalue weighted by atomic mass is 10.1. The Hall–Kier alpha value is -3.04. The summed E-state index contributed by atoms with van der Waals surface area (Å²) in [4.78, 5) is 25.7. The Labute approximate surface area is 176 Å². The monoisotopic (exact) mass is 430 g/mol. The van der Waals surface area contributed by atoms with E-state index >= 15 is 0 Å². The number of ether oxygens (including phenoxy) is 3. The lowest BCUT2D eigenvalue weighted by Gasteiger charge is -2.16. The molecule has 0 spiro atoms. The molecule has 3 rings (SSSR count). The van der Waals surface area contributed by atoms with Crippen molar-refractivity contribution >= 4 is 51.9 Å². The highest BCUT2D eigenvalue weighted by molar-refractivity contribution is 8.27. The number of methoxy groups -OCH3 is 3. The Morgan fingerprint density at radius 3 is 2.31 bits per heavy atom. The summed E-state index contributed by atoms with van der Waals surface area (Å²) < 4.78 is 16.3. The number of carboxylic acid groups (broad SMARTS) is 1. The Bertz CT molecular complexity index is 1010. The van der Waals surface area contributed by atoms with Crippen molar-refractivity contribution in [2.45, 2.75) is 0 Å². The van der Waals surface area contributed by atoms with Crippen LogP contribution >= 0.6 is 24.0 Å². The molecule has 0 atom stereocenters. The SMILES string of the molecule is COc1cc(/C=C2\SC(=S)N(c3cccc(C(=O)[O-])c3)C2=O)cc(OC)c1OC. The van der Waals surface area contributed by atoms with Crippen LogP contribution in [0.1, 0.15) is 15.9 Å². The van der Waals surface area contributed by atoms with Gasteiger partial charge in [-0.1, -0.05) is 36.1 Å². The molecular formula is C20H16NO6S2-. The van der Waals surface area contributed by atoms with Crippen molar-refractivity contribution < 1.29 is 28.9 Å². The minimum atomic E-state index is -1.33. The first kappa shape index (κ1) is 20.7. The lowest BCUT2D eigenvalue weighted by molar-refractivity contribution is -0.255. The van der Waals surface area contributed by atoms with Crippen LogP contribution in [0.2, 0.25) is 0 Å². The minimum absolute atomic E-state index is 0.0369. The molecule has 0 N–H and O–H groups in total. The van der Waals surface area contributed by atoms with Gasteiger partial charge in [-0.05, 0) is 41.5 Å². The maximum Gasteiger partial charge on any atom is 0.270 e. The van der Waals surface area contributed by atoms with E-state index in [1.807, 2.05) is 0 Å². The second-order valence-electron chi connectivity index (χ2n) is 5.81. The molecule has 1 heterocycles. The average Bonchev–Trinajstić information content (AvgIpc) is 3.00. The van der Waals surface area contributed by atoms with Crippen molar-refractivity contribution in [1.82, 2.24) is 0 Å². The second kappa shape index (κ2) is 8.54. The number of carbonyl (C=O) groups excluding carboxylic acids is 2. The van der Waals surface area contributed by atoms with E-state index in [0.717, 1.165) is 11.8 Å². The van der Waals surface area contributed by atoms with Gasteiger partial charge in [0, 0.05) is 0 Å². The van der Waals surface area contributed by atoms with Crippen molar-refractivity contribution in [2.75, 3.05) is 26.2 Å². The molecule has 1 aliphatic rings. The van der Waals surface area contributed by atoms with E-state index in [1.54, 1.807) is 24.3 Å². The van der Waals surface area contributed by atoms with Crippen LogP contribution in [0, 0.1) is 0 Å². The smallest absolute Gasteiger partial charge is 0.270 e. The molecule has 2 aromatic rings. The lowest BCUT2D eigenvalue weighted by Crippen LogP contribution is -2.28. The normalized spacial score (nSPS) is 15.0. The van der Waals surface area contributed by atoms with Crippen LogP contribution in [0.25, 0.3) is 6.08 Å². The summed E-state index contributed by atoms with van der Waals surface area (Å²) in [5, 5.41) is 11.1. The maximum absolute atomic E-state index is 12.9. The molecule has 2 aromatic carbocycles. The van der Waals surface area contributed by atoms with Crippen LogP contribution in [0.3, 0.4) is 0 Å². The van der Waals surface area contributed by atoms with Crippen molar-refractivity contribution in [3.05, 3.63) is 52.4 Å². The molecule has 0 saturated carbocycles. The number of hydrogen-bond acceptors (Lipinski definition) is 8. The zero-order valence-corrected chi connectivity index (χ0v) is 17.4. The fourth-order valence-electron chi connectivity index (χ4n) is 2.80. The van der Waals surface area contributed by atoms with Gasteiger partial charge in [0.1, 0.15) is 0 Å². The molecule has 9 heteroatoms. The van der Waals surface area contributed by atoms with Gasteiger partial charge >= 0.3 is 0 Å². The van der Waals surface area contributed by atoms with Crippen molar-refractivity contribution in [3.63, 3.8) is 0 Å². The Morgan fingerprint density at radius 1 is 1.10 bits per heavy atom. The van der Waals surface area contributed by atoms with E-state index < -0.39 is 5.97 Å². The van der Waals surface area contributed by atoms with E-state index in [1.165, 1.54) is 44.4 Å². The minimum Gasteiger partial charge on any atom is -0.545 e. The molecule has 1 fully saturated rings. The third-order valence-corrected chi connectivity index (χ3v) is 5.42. The Kier molecular flexibility index (Phi) is 6.09. The number of amides is 1. The van der Waals surface area contributed by atoms with Crippen molar-refractivity contribution in [1.29, 1.82) is 0 Å². The third-order valence-electron chi connectivity index (χ3n) is 4.12. The number of carboxylic acids is 1. The molecule has 1 aliphatic heterocycles. The van der Waals surface area contributed by atoms with Crippen LogP contribution in [0.4, 0.5) is 5.69 Å². The second-order valence-corrected chi connectivity index (χ2v) is 7.49. The largest absolute Gasteiger partial charge is 0.545 e. The van der Waals surface area contributed by atoms with Crippen LogP contribution in [0.15, 0.2) is 41.3 Å². The van der Waals surface area contributed by atoms with Gasteiger partial charge in [0.05, 0.1) is 37.9 Å². The first-order valence-electron chi connectivity index (χ1n) is 8.29. The van der Waals surface area contributed by atoms with E-state index in [-0.39, 0.29) is 11.5 Å². The van der Waals surface area contributed by atoms with E-state index in [0.29, 0.717) is 37.7 Å². The van der Waals surface area contributed by atoms with Gasteiger partial charge in [-0.15, -0.1) is 0 Å². The van der Waals surface area contributed by atoms with Crippen molar-refractivity contribution in [3.8, 4) is 17.2 Å². The fourth-order valence-corrected chi connectivity index (χ4v) is 4.10. The van der Waals surface area contributed by atoms with Gasteiger partial charge in [-0.2, -0.15) is 0 Å². The van der Waals surface area contributed by atoms with Gasteiger partial charge < -0.3 is 24.1 Å². The number of carbonyl (C=O) groups is 2. The highest BCUT2D eigenvalue weighted by Crippen LogP contribution is 2.41. The third kappa shape index (κ3) is 4.06. The summed E-state index contributed by atoms with van der Waals surface area (Å²) in [5.74, 6) is -0.334. The number of benzene rings is 2. The number of nitrogens with zero attached hydrogens (tertiary/aromatic N) is 1. The van der Waals surface area contributed by atoms with E-state index in [9.17, 15) is 14.7 Å². The first-order chi connectivity index (χ1) is 13.9. The number of aromatic carboxylic acids is 1. The molecule has 150 valence electrons. The summed E-state index contributed by atoms with van der Waals surface area (Å²) in [7, 11) is 4.52. The fraction of sp³-hybridized carbons (Fsp3) is 0.150.